The number of ether oxygens (including phenoxy) is 2. The number of fused-ring (bicyclic) bond motifs is 1. The number of anilines is 1. The van der Waals surface area contributed by atoms with E-state index in [9.17, 15) is 4.79 Å². The lowest BCUT2D eigenvalue weighted by Gasteiger charge is -2.26. The summed E-state index contributed by atoms with van der Waals surface area (Å²) in [4.78, 5) is 15.4. The molecular weight excluding hydrogens is 368 g/mol. The van der Waals surface area contributed by atoms with E-state index in [0.29, 0.717) is 23.7 Å². The van der Waals surface area contributed by atoms with Gasteiger partial charge in [0.2, 0.25) is 0 Å². The molecule has 1 fully saturated rings. The first-order valence-corrected chi connectivity index (χ1v) is 10.0. The van der Waals surface area contributed by atoms with E-state index in [0.717, 1.165) is 50.2 Å². The van der Waals surface area contributed by atoms with Crippen LogP contribution >= 0.6 is 0 Å². The van der Waals surface area contributed by atoms with Gasteiger partial charge in [-0.05, 0) is 23.8 Å². The third kappa shape index (κ3) is 4.58. The number of carbonyl (C=O) groups excluding carboxylic acids is 1. The quantitative estimate of drug-likeness (QED) is 0.667. The second-order valence-electron chi connectivity index (χ2n) is 6.97. The minimum Gasteiger partial charge on any atom is -0.493 e. The number of morpholine rings is 1. The van der Waals surface area contributed by atoms with Crippen LogP contribution in [0.25, 0.3) is 10.8 Å². The van der Waals surface area contributed by atoms with Crippen LogP contribution in [0.1, 0.15) is 17.3 Å². The van der Waals surface area contributed by atoms with Crippen molar-refractivity contribution in [3.63, 3.8) is 0 Å². The first kappa shape index (κ1) is 19.4. The van der Waals surface area contributed by atoms with Gasteiger partial charge < -0.3 is 14.8 Å². The van der Waals surface area contributed by atoms with Gasteiger partial charge in [0.15, 0.2) is 5.82 Å². The molecule has 1 aromatic heterocycles. The SMILES string of the molecule is CCOc1ccc2ccccc2c1C(=O)Nc1ccn(CCN2CCOCC2)n1. The Morgan fingerprint density at radius 1 is 1.14 bits per heavy atom. The van der Waals surface area contributed by atoms with Crippen LogP contribution in [-0.4, -0.2) is 60.0 Å². The lowest BCUT2D eigenvalue weighted by atomic mass is 10.0. The van der Waals surface area contributed by atoms with Crippen LogP contribution in [0.4, 0.5) is 5.82 Å². The highest BCUT2D eigenvalue weighted by molar-refractivity contribution is 6.14. The summed E-state index contributed by atoms with van der Waals surface area (Å²) in [6.07, 6.45) is 1.89. The third-order valence-electron chi connectivity index (χ3n) is 5.05. The van der Waals surface area contributed by atoms with Gasteiger partial charge in [-0.1, -0.05) is 30.3 Å². The van der Waals surface area contributed by atoms with Gasteiger partial charge in [-0.2, -0.15) is 5.10 Å². The average molecular weight is 394 g/mol. The summed E-state index contributed by atoms with van der Waals surface area (Å²) in [5.74, 6) is 0.895. The Bertz CT molecular complexity index is 979. The Morgan fingerprint density at radius 3 is 2.79 bits per heavy atom. The number of hydrogen-bond acceptors (Lipinski definition) is 5. The van der Waals surface area contributed by atoms with E-state index >= 15 is 0 Å². The molecule has 0 saturated carbocycles. The zero-order valence-corrected chi connectivity index (χ0v) is 16.6. The summed E-state index contributed by atoms with van der Waals surface area (Å²) in [5, 5.41) is 9.29. The van der Waals surface area contributed by atoms with E-state index in [2.05, 4.69) is 15.3 Å². The van der Waals surface area contributed by atoms with Crippen molar-refractivity contribution in [1.82, 2.24) is 14.7 Å². The molecule has 0 aliphatic carbocycles. The van der Waals surface area contributed by atoms with Crippen LogP contribution in [0.5, 0.6) is 5.75 Å². The number of rotatable bonds is 7. The number of nitrogens with zero attached hydrogens (tertiary/aromatic N) is 3. The zero-order chi connectivity index (χ0) is 20.1. The molecule has 0 spiro atoms. The van der Waals surface area contributed by atoms with Crippen LogP contribution in [0.2, 0.25) is 0 Å². The molecule has 152 valence electrons. The minimum absolute atomic E-state index is 0.219. The van der Waals surface area contributed by atoms with Crippen molar-refractivity contribution < 1.29 is 14.3 Å². The zero-order valence-electron chi connectivity index (χ0n) is 16.6. The molecule has 7 nitrogen and oxygen atoms in total. The standard InChI is InChI=1S/C22H26N4O3/c1-2-29-19-8-7-17-5-3-4-6-18(17)21(19)22(27)23-20-9-10-26(24-20)12-11-25-13-15-28-16-14-25/h3-10H,2,11-16H2,1H3,(H,23,24,27). The first-order valence-electron chi connectivity index (χ1n) is 10.0. The highest BCUT2D eigenvalue weighted by atomic mass is 16.5. The van der Waals surface area contributed by atoms with Crippen molar-refractivity contribution in [2.45, 2.75) is 13.5 Å². The lowest BCUT2D eigenvalue weighted by molar-refractivity contribution is 0.0360. The fourth-order valence-corrected chi connectivity index (χ4v) is 3.56. The highest BCUT2D eigenvalue weighted by Crippen LogP contribution is 2.29. The van der Waals surface area contributed by atoms with Gasteiger partial charge in [0.05, 0.1) is 31.9 Å². The lowest BCUT2D eigenvalue weighted by Crippen LogP contribution is -2.38. The smallest absolute Gasteiger partial charge is 0.261 e. The fourth-order valence-electron chi connectivity index (χ4n) is 3.56. The van der Waals surface area contributed by atoms with Gasteiger partial charge in [0.25, 0.3) is 5.91 Å². The molecule has 1 amide bonds. The van der Waals surface area contributed by atoms with E-state index < -0.39 is 0 Å². The Labute approximate surface area is 170 Å². The summed E-state index contributed by atoms with van der Waals surface area (Å²) in [7, 11) is 0. The highest BCUT2D eigenvalue weighted by Gasteiger charge is 2.18. The van der Waals surface area contributed by atoms with Crippen molar-refractivity contribution in [2.75, 3.05) is 44.8 Å². The Morgan fingerprint density at radius 2 is 1.97 bits per heavy atom. The van der Waals surface area contributed by atoms with Gasteiger partial charge in [-0.15, -0.1) is 0 Å². The summed E-state index contributed by atoms with van der Waals surface area (Å²) in [6.45, 7) is 7.56. The van der Waals surface area contributed by atoms with Crippen molar-refractivity contribution in [1.29, 1.82) is 0 Å². The molecular formula is C22H26N4O3. The molecule has 1 N–H and O–H groups in total. The number of benzene rings is 2. The predicted octanol–water partition coefficient (Wildman–Crippen LogP) is 3.02. The molecule has 0 radical (unpaired) electrons. The maximum atomic E-state index is 13.1. The third-order valence-corrected chi connectivity index (χ3v) is 5.05. The number of hydrogen-bond donors (Lipinski definition) is 1. The van der Waals surface area contributed by atoms with Gasteiger partial charge in [-0.25, -0.2) is 0 Å². The molecule has 2 heterocycles. The molecule has 0 bridgehead atoms. The maximum absolute atomic E-state index is 13.1. The summed E-state index contributed by atoms with van der Waals surface area (Å²) in [6, 6.07) is 13.5. The van der Waals surface area contributed by atoms with E-state index in [1.807, 2.05) is 60.3 Å². The Kier molecular flexibility index (Phi) is 6.07. The normalized spacial score (nSPS) is 14.8. The number of nitrogens with one attached hydrogen (secondary N) is 1. The molecule has 7 heteroatoms. The van der Waals surface area contributed by atoms with E-state index in [1.54, 1.807) is 0 Å². The second kappa shape index (κ2) is 9.07. The second-order valence-corrected chi connectivity index (χ2v) is 6.97. The van der Waals surface area contributed by atoms with Crippen molar-refractivity contribution >= 4 is 22.5 Å². The maximum Gasteiger partial charge on any atom is 0.261 e. The molecule has 2 aromatic carbocycles. The molecule has 1 saturated heterocycles. The topological polar surface area (TPSA) is 68.6 Å². The number of carbonyl (C=O) groups is 1. The van der Waals surface area contributed by atoms with Gasteiger partial charge in [0, 0.05) is 31.9 Å². The summed E-state index contributed by atoms with van der Waals surface area (Å²) in [5.41, 5.74) is 0.535. The van der Waals surface area contributed by atoms with Crippen LogP contribution < -0.4 is 10.1 Å². The Balaban J connectivity index is 1.48. The molecule has 3 aromatic rings. The van der Waals surface area contributed by atoms with Gasteiger partial charge in [0.1, 0.15) is 5.75 Å². The molecule has 1 aliphatic heterocycles. The first-order chi connectivity index (χ1) is 14.2. The average Bonchev–Trinajstić information content (AvgIpc) is 3.20. The van der Waals surface area contributed by atoms with Gasteiger partial charge in [-0.3, -0.25) is 14.4 Å². The number of amides is 1. The van der Waals surface area contributed by atoms with Crippen molar-refractivity contribution in [3.05, 3.63) is 54.2 Å². The van der Waals surface area contributed by atoms with Crippen LogP contribution in [0.15, 0.2) is 48.7 Å². The predicted molar refractivity (Wildman–Crippen MR) is 113 cm³/mol. The largest absolute Gasteiger partial charge is 0.493 e. The minimum atomic E-state index is -0.219. The van der Waals surface area contributed by atoms with E-state index in [-0.39, 0.29) is 5.91 Å². The van der Waals surface area contributed by atoms with E-state index in [1.165, 1.54) is 0 Å². The summed E-state index contributed by atoms with van der Waals surface area (Å²) >= 11 is 0. The molecule has 0 atom stereocenters. The number of aromatic nitrogens is 2. The van der Waals surface area contributed by atoms with Gasteiger partial charge >= 0.3 is 0 Å². The summed E-state index contributed by atoms with van der Waals surface area (Å²) < 4.78 is 12.9. The van der Waals surface area contributed by atoms with Crippen molar-refractivity contribution in [3.8, 4) is 5.75 Å². The van der Waals surface area contributed by atoms with E-state index in [4.69, 9.17) is 9.47 Å². The van der Waals surface area contributed by atoms with Crippen molar-refractivity contribution in [2.24, 2.45) is 0 Å². The Hall–Kier alpha value is -2.90. The monoisotopic (exact) mass is 394 g/mol. The molecule has 4 rings (SSSR count). The molecule has 1 aliphatic rings. The van der Waals surface area contributed by atoms with Crippen LogP contribution in [-0.2, 0) is 11.3 Å². The van der Waals surface area contributed by atoms with Crippen LogP contribution in [0.3, 0.4) is 0 Å². The van der Waals surface area contributed by atoms with Crippen LogP contribution in [0, 0.1) is 0 Å². The fraction of sp³-hybridized carbons (Fsp3) is 0.364. The molecule has 0 unspecified atom stereocenters. The molecule has 29 heavy (non-hydrogen) atoms.